The molecule has 0 aliphatic carbocycles. The predicted octanol–water partition coefficient (Wildman–Crippen LogP) is 3.55. The second kappa shape index (κ2) is 7.09. The van der Waals surface area contributed by atoms with Crippen LogP contribution in [0.1, 0.15) is 28.3 Å². The van der Waals surface area contributed by atoms with Crippen LogP contribution in [0.5, 0.6) is 0 Å². The number of benzene rings is 3. The molecule has 30 heavy (non-hydrogen) atoms. The van der Waals surface area contributed by atoms with Crippen molar-refractivity contribution in [3.05, 3.63) is 95.1 Å². The van der Waals surface area contributed by atoms with Gasteiger partial charge in [0.1, 0.15) is 6.29 Å². The molecule has 0 amide bonds. The van der Waals surface area contributed by atoms with Gasteiger partial charge in [-0.25, -0.2) is 9.88 Å². The molecule has 3 N–H and O–H groups in total. The molecule has 1 aromatic heterocycles. The van der Waals surface area contributed by atoms with Gasteiger partial charge in [-0.3, -0.25) is 0 Å². The van der Waals surface area contributed by atoms with Crippen molar-refractivity contribution in [1.82, 2.24) is 14.9 Å². The Balaban J connectivity index is 1.69. The molecule has 0 fully saturated rings. The van der Waals surface area contributed by atoms with Crippen LogP contribution in [-0.4, -0.2) is 33.3 Å². The largest absolute Gasteiger partial charge is 0.367 e. The number of fused-ring (bicyclic) bond motifs is 2. The van der Waals surface area contributed by atoms with Crippen molar-refractivity contribution in [2.45, 2.75) is 18.3 Å². The summed E-state index contributed by atoms with van der Waals surface area (Å²) in [6, 6.07) is 22.6. The Labute approximate surface area is 174 Å². The molecule has 0 bridgehead atoms. The van der Waals surface area contributed by atoms with Crippen LogP contribution in [0.2, 0.25) is 0 Å². The lowest BCUT2D eigenvalue weighted by atomic mass is 9.93. The molecule has 6 nitrogen and oxygen atoms in total. The van der Waals surface area contributed by atoms with Crippen molar-refractivity contribution < 1.29 is 9.90 Å². The van der Waals surface area contributed by atoms with Gasteiger partial charge < -0.3 is 20.2 Å². The number of carbonyl (C=O) groups is 1. The topological polar surface area (TPSA) is 81.2 Å². The molecule has 4 aromatic rings. The highest BCUT2D eigenvalue weighted by molar-refractivity contribution is 5.79. The number of nitrogens with one attached hydrogen (secondary N) is 2. The fourth-order valence-corrected chi connectivity index (χ4v) is 4.40. The van der Waals surface area contributed by atoms with Gasteiger partial charge in [0.25, 0.3) is 0 Å². The maximum atomic E-state index is 12.2. The molecule has 6 heteroatoms. The van der Waals surface area contributed by atoms with Crippen molar-refractivity contribution in [3.8, 4) is 0 Å². The zero-order valence-electron chi connectivity index (χ0n) is 16.5. The van der Waals surface area contributed by atoms with E-state index >= 15 is 0 Å². The first-order valence-corrected chi connectivity index (χ1v) is 9.91. The molecule has 0 saturated carbocycles. The first-order chi connectivity index (χ1) is 14.6. The van der Waals surface area contributed by atoms with Gasteiger partial charge in [0.05, 0.1) is 17.1 Å². The SMILES string of the molecule is CNc1nc2cc(C3(O)c4ccccc4C(C=O)N3Cc3ccccc3)ccc2[nH]1. The molecule has 3 aromatic carbocycles. The number of aldehydes is 1. The number of anilines is 1. The number of aromatic amines is 1. The number of nitrogens with zero attached hydrogens (tertiary/aromatic N) is 2. The van der Waals surface area contributed by atoms with Crippen LogP contribution in [-0.2, 0) is 17.1 Å². The Bertz CT molecular complexity index is 1220. The average Bonchev–Trinajstić information content (AvgIpc) is 3.31. The summed E-state index contributed by atoms with van der Waals surface area (Å²) < 4.78 is 0. The molecule has 150 valence electrons. The average molecular weight is 398 g/mol. The molecule has 5 rings (SSSR count). The number of rotatable bonds is 5. The Kier molecular flexibility index (Phi) is 4.38. The number of H-pyrrole nitrogens is 1. The van der Waals surface area contributed by atoms with E-state index in [1.807, 2.05) is 77.7 Å². The second-order valence-electron chi connectivity index (χ2n) is 7.52. The minimum absolute atomic E-state index is 0.426. The van der Waals surface area contributed by atoms with Crippen molar-refractivity contribution in [2.75, 3.05) is 12.4 Å². The summed E-state index contributed by atoms with van der Waals surface area (Å²) in [7, 11) is 1.80. The van der Waals surface area contributed by atoms with Gasteiger partial charge in [-0.05, 0) is 23.3 Å². The number of carbonyl (C=O) groups excluding carboxylic acids is 1. The van der Waals surface area contributed by atoms with E-state index in [0.29, 0.717) is 18.1 Å². The van der Waals surface area contributed by atoms with Gasteiger partial charge in [0, 0.05) is 24.7 Å². The minimum Gasteiger partial charge on any atom is -0.367 e. The van der Waals surface area contributed by atoms with E-state index in [9.17, 15) is 9.90 Å². The summed E-state index contributed by atoms with van der Waals surface area (Å²) in [6.07, 6.45) is 0.909. The summed E-state index contributed by atoms with van der Waals surface area (Å²) in [5.74, 6) is 0.660. The maximum absolute atomic E-state index is 12.2. The molecule has 1 aliphatic heterocycles. The highest BCUT2D eigenvalue weighted by Gasteiger charge is 2.50. The van der Waals surface area contributed by atoms with Gasteiger partial charge in [-0.1, -0.05) is 60.7 Å². The van der Waals surface area contributed by atoms with E-state index in [1.165, 1.54) is 0 Å². The second-order valence-corrected chi connectivity index (χ2v) is 7.52. The van der Waals surface area contributed by atoms with Crippen LogP contribution >= 0.6 is 0 Å². The molecular formula is C24H22N4O2. The van der Waals surface area contributed by atoms with Crippen LogP contribution in [0.25, 0.3) is 11.0 Å². The van der Waals surface area contributed by atoms with Gasteiger partial charge in [-0.2, -0.15) is 0 Å². The Morgan fingerprint density at radius 3 is 2.67 bits per heavy atom. The Morgan fingerprint density at radius 1 is 1.13 bits per heavy atom. The third kappa shape index (κ3) is 2.73. The molecule has 0 radical (unpaired) electrons. The quantitative estimate of drug-likeness (QED) is 0.448. The first-order valence-electron chi connectivity index (χ1n) is 9.91. The van der Waals surface area contributed by atoms with Crippen LogP contribution < -0.4 is 5.32 Å². The number of hydrogen-bond donors (Lipinski definition) is 3. The molecule has 0 saturated heterocycles. The van der Waals surface area contributed by atoms with E-state index in [-0.39, 0.29) is 0 Å². The molecule has 0 spiro atoms. The van der Waals surface area contributed by atoms with Crippen LogP contribution in [0.3, 0.4) is 0 Å². The van der Waals surface area contributed by atoms with Crippen LogP contribution in [0, 0.1) is 0 Å². The van der Waals surface area contributed by atoms with E-state index < -0.39 is 11.8 Å². The van der Waals surface area contributed by atoms with Crippen molar-refractivity contribution in [1.29, 1.82) is 0 Å². The monoisotopic (exact) mass is 398 g/mol. The zero-order chi connectivity index (χ0) is 20.7. The number of imidazole rings is 1. The van der Waals surface area contributed by atoms with Gasteiger partial charge >= 0.3 is 0 Å². The lowest BCUT2D eigenvalue weighted by molar-refractivity contribution is -0.126. The lowest BCUT2D eigenvalue weighted by Crippen LogP contribution is -2.43. The third-order valence-corrected chi connectivity index (χ3v) is 5.85. The molecule has 1 aliphatic rings. The Hall–Kier alpha value is -3.48. The molecular weight excluding hydrogens is 376 g/mol. The normalized spacial score (nSPS) is 20.9. The van der Waals surface area contributed by atoms with E-state index in [4.69, 9.17) is 0 Å². The number of aromatic nitrogens is 2. The highest BCUT2D eigenvalue weighted by atomic mass is 16.3. The summed E-state index contributed by atoms with van der Waals surface area (Å²) in [4.78, 5) is 21.7. The van der Waals surface area contributed by atoms with E-state index in [0.717, 1.165) is 34.0 Å². The smallest absolute Gasteiger partial charge is 0.200 e. The van der Waals surface area contributed by atoms with Crippen LogP contribution in [0.15, 0.2) is 72.8 Å². The van der Waals surface area contributed by atoms with E-state index in [2.05, 4.69) is 15.3 Å². The molecule has 2 heterocycles. The van der Waals surface area contributed by atoms with Crippen molar-refractivity contribution in [3.63, 3.8) is 0 Å². The Morgan fingerprint density at radius 2 is 1.90 bits per heavy atom. The van der Waals surface area contributed by atoms with Crippen molar-refractivity contribution in [2.24, 2.45) is 0 Å². The fraction of sp³-hybridized carbons (Fsp3) is 0.167. The van der Waals surface area contributed by atoms with Gasteiger partial charge in [0.2, 0.25) is 5.95 Å². The van der Waals surface area contributed by atoms with Gasteiger partial charge in [0.15, 0.2) is 5.72 Å². The standard InChI is InChI=1S/C24H22N4O2/c1-25-23-26-20-12-11-17(13-21(20)27-23)24(30)19-10-6-5-9-18(19)22(15-29)28(24)14-16-7-3-2-4-8-16/h2-13,15,22,30H,14H2,1H3,(H2,25,26,27). The predicted molar refractivity (Wildman–Crippen MR) is 116 cm³/mol. The maximum Gasteiger partial charge on any atom is 0.200 e. The van der Waals surface area contributed by atoms with Gasteiger partial charge in [-0.15, -0.1) is 0 Å². The van der Waals surface area contributed by atoms with E-state index in [1.54, 1.807) is 7.05 Å². The fourth-order valence-electron chi connectivity index (χ4n) is 4.40. The lowest BCUT2D eigenvalue weighted by Gasteiger charge is -2.36. The zero-order valence-corrected chi connectivity index (χ0v) is 16.5. The third-order valence-electron chi connectivity index (χ3n) is 5.85. The first kappa shape index (κ1) is 18.5. The summed E-state index contributed by atoms with van der Waals surface area (Å²) in [6.45, 7) is 0.426. The number of hydrogen-bond acceptors (Lipinski definition) is 5. The summed E-state index contributed by atoms with van der Waals surface area (Å²) in [5, 5.41) is 15.2. The van der Waals surface area contributed by atoms with Crippen LogP contribution in [0.4, 0.5) is 5.95 Å². The molecule has 2 atom stereocenters. The summed E-state index contributed by atoms with van der Waals surface area (Å²) >= 11 is 0. The minimum atomic E-state index is -1.45. The highest BCUT2D eigenvalue weighted by Crippen LogP contribution is 2.48. The number of aliphatic hydroxyl groups is 1. The summed E-state index contributed by atoms with van der Waals surface area (Å²) in [5.41, 5.74) is 3.42. The molecule has 2 unspecified atom stereocenters. The van der Waals surface area contributed by atoms with Crippen molar-refractivity contribution >= 4 is 23.3 Å².